The van der Waals surface area contributed by atoms with Crippen molar-refractivity contribution in [2.75, 3.05) is 0 Å². The van der Waals surface area contributed by atoms with E-state index in [9.17, 15) is 4.79 Å². The van der Waals surface area contributed by atoms with Crippen molar-refractivity contribution in [3.63, 3.8) is 0 Å². The molecule has 0 amide bonds. The summed E-state index contributed by atoms with van der Waals surface area (Å²) in [7, 11) is 0. The van der Waals surface area contributed by atoms with Crippen LogP contribution in [0.15, 0.2) is 48.5 Å². The van der Waals surface area contributed by atoms with Gasteiger partial charge in [-0.05, 0) is 61.5 Å². The van der Waals surface area contributed by atoms with Crippen molar-refractivity contribution in [3.05, 3.63) is 59.7 Å². The predicted molar refractivity (Wildman–Crippen MR) is 177 cm³/mol. The van der Waals surface area contributed by atoms with E-state index in [1.165, 1.54) is 0 Å². The highest BCUT2D eigenvalue weighted by molar-refractivity contribution is 5.82. The second kappa shape index (κ2) is 15.3. The number of carbonyl (C=O) groups is 1. The van der Waals surface area contributed by atoms with Gasteiger partial charge < -0.3 is 18.9 Å². The van der Waals surface area contributed by atoms with Crippen LogP contribution in [-0.4, -0.2) is 18.4 Å². The van der Waals surface area contributed by atoms with Gasteiger partial charge in [-0.25, -0.2) is 0 Å². The molecule has 2 heterocycles. The zero-order valence-electron chi connectivity index (χ0n) is 28.7. The molecule has 5 heteroatoms. The number of benzene rings is 2. The average molecular weight is 607 g/mol. The molecule has 6 unspecified atom stereocenters. The van der Waals surface area contributed by atoms with Crippen LogP contribution in [-0.2, 0) is 27.5 Å². The van der Waals surface area contributed by atoms with Gasteiger partial charge in [-0.15, -0.1) is 0 Å². The van der Waals surface area contributed by atoms with E-state index in [1.54, 1.807) is 0 Å². The first-order chi connectivity index (χ1) is 20.9. The van der Waals surface area contributed by atoms with E-state index in [-0.39, 0.29) is 47.1 Å². The largest absolute Gasteiger partial charge is 0.464 e. The third-order valence-corrected chi connectivity index (χ3v) is 10.5. The maximum atomic E-state index is 13.7. The molecular formula is C39H58O5. The summed E-state index contributed by atoms with van der Waals surface area (Å²) in [5.41, 5.74) is 2.56. The quantitative estimate of drug-likeness (QED) is 0.190. The predicted octanol–water partition coefficient (Wildman–Crippen LogP) is 10.1. The molecule has 244 valence electrons. The van der Waals surface area contributed by atoms with E-state index in [4.69, 9.17) is 18.9 Å². The Bertz CT molecular complexity index is 1110. The lowest BCUT2D eigenvalue weighted by atomic mass is 9.76. The molecule has 44 heavy (non-hydrogen) atoms. The number of ketones is 1. The van der Waals surface area contributed by atoms with Gasteiger partial charge in [-0.3, -0.25) is 4.79 Å². The molecule has 4 rings (SSSR count). The molecule has 0 radical (unpaired) electrons. The van der Waals surface area contributed by atoms with Crippen LogP contribution in [0.4, 0.5) is 0 Å². The molecule has 0 N–H and O–H groups in total. The first-order valence-corrected chi connectivity index (χ1v) is 17.2. The first kappa shape index (κ1) is 34.5. The molecule has 2 aliphatic heterocycles. The van der Waals surface area contributed by atoms with Gasteiger partial charge in [0.15, 0.2) is 0 Å². The summed E-state index contributed by atoms with van der Waals surface area (Å²) in [5.74, 6) is 2.66. The molecule has 0 aliphatic carbocycles. The standard InChI is InChI=1S/C39H58O5/c1-9-38(5,6)23-29(36-41-25-31-15-11-13-17-33(31)43-36)21-19-27(3)35(40)28(4)20-22-30(24-39(7,8)10-2)37-42-26-32-16-12-14-18-34(32)44-37/h11-18,27-30,36-37H,9-10,19-26H2,1-8H3. The normalized spacial score (nSPS) is 21.2. The Labute approximate surface area is 267 Å². The Hall–Kier alpha value is -2.37. The number of fused-ring (bicyclic) bond motifs is 2. The van der Waals surface area contributed by atoms with Gasteiger partial charge in [0, 0.05) is 34.8 Å². The lowest BCUT2D eigenvalue weighted by Gasteiger charge is -2.37. The van der Waals surface area contributed by atoms with E-state index in [1.807, 2.05) is 36.4 Å². The maximum absolute atomic E-state index is 13.7. The molecule has 0 fully saturated rings. The van der Waals surface area contributed by atoms with E-state index in [2.05, 4.69) is 67.5 Å². The SMILES string of the molecule is CCC(C)(C)CC(CCC(C)C(=O)C(C)CCC(CC(C)(C)CC)C1OCc2ccccc2O1)C1OCc2ccccc2O1. The molecule has 0 spiro atoms. The molecular weight excluding hydrogens is 548 g/mol. The summed E-state index contributed by atoms with van der Waals surface area (Å²) in [6, 6.07) is 16.3. The fraction of sp³-hybridized carbons (Fsp3) is 0.667. The smallest absolute Gasteiger partial charge is 0.203 e. The minimum absolute atomic E-state index is 0.00675. The van der Waals surface area contributed by atoms with Crippen LogP contribution in [0.5, 0.6) is 11.5 Å². The van der Waals surface area contributed by atoms with Crippen molar-refractivity contribution >= 4 is 5.78 Å². The van der Waals surface area contributed by atoms with Crippen molar-refractivity contribution in [1.29, 1.82) is 0 Å². The van der Waals surface area contributed by atoms with Gasteiger partial charge in [0.05, 0.1) is 13.2 Å². The molecule has 6 atom stereocenters. The molecule has 5 nitrogen and oxygen atoms in total. The van der Waals surface area contributed by atoms with Crippen LogP contribution in [0.25, 0.3) is 0 Å². The summed E-state index contributed by atoms with van der Waals surface area (Å²) < 4.78 is 25.3. The fourth-order valence-electron chi connectivity index (χ4n) is 6.68. The van der Waals surface area contributed by atoms with Crippen LogP contribution in [0.2, 0.25) is 0 Å². The minimum Gasteiger partial charge on any atom is -0.464 e. The number of ether oxygens (including phenoxy) is 4. The lowest BCUT2D eigenvalue weighted by Crippen LogP contribution is -2.37. The van der Waals surface area contributed by atoms with E-state index >= 15 is 0 Å². The van der Waals surface area contributed by atoms with Crippen molar-refractivity contribution in [2.24, 2.45) is 34.5 Å². The Kier molecular flexibility index (Phi) is 12.0. The lowest BCUT2D eigenvalue weighted by molar-refractivity contribution is -0.151. The van der Waals surface area contributed by atoms with Crippen molar-refractivity contribution in [2.45, 2.75) is 133 Å². The van der Waals surface area contributed by atoms with E-state index in [0.29, 0.717) is 19.0 Å². The molecule has 2 aromatic rings. The van der Waals surface area contributed by atoms with Gasteiger partial charge in [0.25, 0.3) is 0 Å². The number of rotatable bonds is 16. The minimum atomic E-state index is -0.279. The zero-order valence-corrected chi connectivity index (χ0v) is 28.7. The molecule has 2 aromatic carbocycles. The average Bonchev–Trinajstić information content (AvgIpc) is 3.03. The molecule has 0 aromatic heterocycles. The van der Waals surface area contributed by atoms with Crippen molar-refractivity contribution in [1.82, 2.24) is 0 Å². The highest BCUT2D eigenvalue weighted by Gasteiger charge is 2.36. The molecule has 0 bridgehead atoms. The topological polar surface area (TPSA) is 54.0 Å². The Morgan fingerprint density at radius 3 is 1.45 bits per heavy atom. The van der Waals surface area contributed by atoms with Gasteiger partial charge in [-0.2, -0.15) is 0 Å². The van der Waals surface area contributed by atoms with Crippen molar-refractivity contribution < 1.29 is 23.7 Å². The van der Waals surface area contributed by atoms with Crippen LogP contribution < -0.4 is 9.47 Å². The van der Waals surface area contributed by atoms with Crippen LogP contribution in [0, 0.1) is 34.5 Å². The number of carbonyl (C=O) groups excluding carboxylic acids is 1. The van der Waals surface area contributed by atoms with Gasteiger partial charge in [-0.1, -0.05) is 105 Å². The first-order valence-electron chi connectivity index (χ1n) is 17.2. The zero-order chi connectivity index (χ0) is 31.9. The molecule has 2 aliphatic rings. The summed E-state index contributed by atoms with van der Waals surface area (Å²) >= 11 is 0. The van der Waals surface area contributed by atoms with E-state index in [0.717, 1.165) is 74.0 Å². The molecule has 0 saturated carbocycles. The maximum Gasteiger partial charge on any atom is 0.203 e. The monoisotopic (exact) mass is 606 g/mol. The second-order valence-electron chi connectivity index (χ2n) is 15.1. The Morgan fingerprint density at radius 2 is 1.07 bits per heavy atom. The van der Waals surface area contributed by atoms with Crippen LogP contribution in [0.1, 0.15) is 118 Å². The summed E-state index contributed by atoms with van der Waals surface area (Å²) in [4.78, 5) is 13.7. The number of para-hydroxylation sites is 2. The Morgan fingerprint density at radius 1 is 0.682 bits per heavy atom. The summed E-state index contributed by atoms with van der Waals surface area (Å²) in [6.07, 6.45) is 7.14. The fourth-order valence-corrected chi connectivity index (χ4v) is 6.68. The Balaban J connectivity index is 1.36. The highest BCUT2D eigenvalue weighted by Crippen LogP contribution is 2.40. The summed E-state index contributed by atoms with van der Waals surface area (Å²) in [6.45, 7) is 19.2. The van der Waals surface area contributed by atoms with Gasteiger partial charge in [0.1, 0.15) is 17.3 Å². The third-order valence-electron chi connectivity index (χ3n) is 10.5. The third kappa shape index (κ3) is 9.33. The van der Waals surface area contributed by atoms with Crippen LogP contribution in [0.3, 0.4) is 0 Å². The van der Waals surface area contributed by atoms with Gasteiger partial charge >= 0.3 is 0 Å². The van der Waals surface area contributed by atoms with Crippen molar-refractivity contribution in [3.8, 4) is 11.5 Å². The number of hydrogen-bond acceptors (Lipinski definition) is 5. The molecule has 0 saturated heterocycles. The number of Topliss-reactive ketones (excluding diaryl/α,β-unsaturated/α-hetero) is 1. The second-order valence-corrected chi connectivity index (χ2v) is 15.1. The highest BCUT2D eigenvalue weighted by atomic mass is 16.7. The van der Waals surface area contributed by atoms with Gasteiger partial charge in [0.2, 0.25) is 12.6 Å². The van der Waals surface area contributed by atoms with Crippen LogP contribution >= 0.6 is 0 Å². The number of hydrogen-bond donors (Lipinski definition) is 0. The van der Waals surface area contributed by atoms with E-state index < -0.39 is 0 Å². The summed E-state index contributed by atoms with van der Waals surface area (Å²) in [5, 5.41) is 0.